The molecule has 0 heterocycles. The van der Waals surface area contributed by atoms with Gasteiger partial charge in [0.25, 0.3) is 0 Å². The highest BCUT2D eigenvalue weighted by atomic mass is 79.9. The molecule has 0 unspecified atom stereocenters. The minimum atomic E-state index is 0.702. The molecule has 0 amide bonds. The van der Waals surface area contributed by atoms with Crippen LogP contribution in [0.3, 0.4) is 0 Å². The Morgan fingerprint density at radius 2 is 2.07 bits per heavy atom. The molecule has 0 aliphatic rings. The molecule has 78 valence electrons. The molecule has 0 fully saturated rings. The normalized spacial score (nSPS) is 10.3. The average Bonchev–Trinajstić information content (AvgIpc) is 2.14. The molecule has 0 aliphatic heterocycles. The van der Waals surface area contributed by atoms with Crippen molar-refractivity contribution < 1.29 is 4.74 Å². The molecule has 0 saturated carbocycles. The summed E-state index contributed by atoms with van der Waals surface area (Å²) in [5.74, 6) is 0.904. The molecule has 0 saturated heterocycles. The standard InChI is InChI=1S/C10H13Br2NO/c1-14-10-7(3-2-4-13)5-8(11)6-9(10)12/h5-6H,2-4,13H2,1H3. The zero-order valence-electron chi connectivity index (χ0n) is 8.02. The summed E-state index contributed by atoms with van der Waals surface area (Å²) in [6.45, 7) is 0.702. The van der Waals surface area contributed by atoms with Gasteiger partial charge in [-0.15, -0.1) is 0 Å². The Morgan fingerprint density at radius 1 is 1.36 bits per heavy atom. The van der Waals surface area contributed by atoms with Crippen LogP contribution in [0.4, 0.5) is 0 Å². The molecule has 1 aromatic rings. The number of halogens is 2. The lowest BCUT2D eigenvalue weighted by Gasteiger charge is -2.10. The van der Waals surface area contributed by atoms with Gasteiger partial charge in [-0.1, -0.05) is 15.9 Å². The molecule has 4 heteroatoms. The van der Waals surface area contributed by atoms with Crippen LogP contribution < -0.4 is 10.5 Å². The van der Waals surface area contributed by atoms with E-state index in [4.69, 9.17) is 10.5 Å². The van der Waals surface area contributed by atoms with E-state index in [9.17, 15) is 0 Å². The largest absolute Gasteiger partial charge is 0.495 e. The van der Waals surface area contributed by atoms with Crippen LogP contribution in [0, 0.1) is 0 Å². The predicted octanol–water partition coefficient (Wildman–Crippen LogP) is 3.11. The van der Waals surface area contributed by atoms with Gasteiger partial charge >= 0.3 is 0 Å². The van der Waals surface area contributed by atoms with Gasteiger partial charge in [0.15, 0.2) is 0 Å². The van der Waals surface area contributed by atoms with Gasteiger partial charge in [-0.2, -0.15) is 0 Å². The van der Waals surface area contributed by atoms with Crippen LogP contribution in [0.1, 0.15) is 12.0 Å². The highest BCUT2D eigenvalue weighted by molar-refractivity contribution is 9.11. The van der Waals surface area contributed by atoms with E-state index in [-0.39, 0.29) is 0 Å². The monoisotopic (exact) mass is 321 g/mol. The SMILES string of the molecule is COc1c(Br)cc(Br)cc1CCCN. The highest BCUT2D eigenvalue weighted by Gasteiger charge is 2.08. The molecule has 0 bridgehead atoms. The van der Waals surface area contributed by atoms with Crippen LogP contribution in [0.5, 0.6) is 5.75 Å². The Balaban J connectivity index is 2.99. The fourth-order valence-corrected chi connectivity index (χ4v) is 2.80. The van der Waals surface area contributed by atoms with E-state index >= 15 is 0 Å². The molecule has 0 atom stereocenters. The van der Waals surface area contributed by atoms with Crippen molar-refractivity contribution in [1.82, 2.24) is 0 Å². The maximum atomic E-state index is 5.48. The van der Waals surface area contributed by atoms with Gasteiger partial charge in [0.05, 0.1) is 11.6 Å². The van der Waals surface area contributed by atoms with Gasteiger partial charge in [-0.05, 0) is 53.0 Å². The second-order valence-corrected chi connectivity index (χ2v) is 4.74. The molecule has 1 rings (SSSR count). The third kappa shape index (κ3) is 2.97. The number of methoxy groups -OCH3 is 1. The van der Waals surface area contributed by atoms with Crippen LogP contribution >= 0.6 is 31.9 Å². The van der Waals surface area contributed by atoms with Crippen molar-refractivity contribution >= 4 is 31.9 Å². The van der Waals surface area contributed by atoms with Crippen molar-refractivity contribution in [3.8, 4) is 5.75 Å². The van der Waals surface area contributed by atoms with E-state index in [1.54, 1.807) is 7.11 Å². The molecule has 14 heavy (non-hydrogen) atoms. The minimum absolute atomic E-state index is 0.702. The van der Waals surface area contributed by atoms with Gasteiger partial charge in [0.1, 0.15) is 5.75 Å². The molecular formula is C10H13Br2NO. The zero-order valence-corrected chi connectivity index (χ0v) is 11.2. The van der Waals surface area contributed by atoms with Crippen LogP contribution in [0.15, 0.2) is 21.1 Å². The molecule has 1 aromatic carbocycles. The summed E-state index contributed by atoms with van der Waals surface area (Å²) in [5.41, 5.74) is 6.66. The maximum absolute atomic E-state index is 5.48. The quantitative estimate of drug-likeness (QED) is 0.924. The maximum Gasteiger partial charge on any atom is 0.136 e. The lowest BCUT2D eigenvalue weighted by molar-refractivity contribution is 0.406. The Hall–Kier alpha value is -0.0600. The molecule has 2 nitrogen and oxygen atoms in total. The summed E-state index contributed by atoms with van der Waals surface area (Å²) < 4.78 is 7.35. The summed E-state index contributed by atoms with van der Waals surface area (Å²) in [6.07, 6.45) is 1.91. The van der Waals surface area contributed by atoms with E-state index in [1.807, 2.05) is 6.07 Å². The van der Waals surface area contributed by atoms with Crippen molar-refractivity contribution in [2.75, 3.05) is 13.7 Å². The van der Waals surface area contributed by atoms with Gasteiger partial charge in [-0.25, -0.2) is 0 Å². The minimum Gasteiger partial charge on any atom is -0.495 e. The van der Waals surface area contributed by atoms with E-state index in [1.165, 1.54) is 5.56 Å². The molecule has 0 radical (unpaired) electrons. The Kier molecular flexibility index (Phi) is 4.92. The van der Waals surface area contributed by atoms with Gasteiger partial charge in [0.2, 0.25) is 0 Å². The third-order valence-corrected chi connectivity index (χ3v) is 2.99. The van der Waals surface area contributed by atoms with Crippen molar-refractivity contribution in [2.24, 2.45) is 5.73 Å². The van der Waals surface area contributed by atoms with Crippen LogP contribution in [-0.4, -0.2) is 13.7 Å². The number of hydrogen-bond donors (Lipinski definition) is 1. The molecular weight excluding hydrogens is 310 g/mol. The second kappa shape index (κ2) is 5.73. The topological polar surface area (TPSA) is 35.2 Å². The van der Waals surface area contributed by atoms with E-state index in [0.717, 1.165) is 27.5 Å². The van der Waals surface area contributed by atoms with Crippen LogP contribution in [-0.2, 0) is 6.42 Å². The smallest absolute Gasteiger partial charge is 0.136 e. The van der Waals surface area contributed by atoms with Gasteiger partial charge in [0, 0.05) is 4.47 Å². The van der Waals surface area contributed by atoms with E-state index in [0.29, 0.717) is 6.54 Å². The van der Waals surface area contributed by atoms with Crippen LogP contribution in [0.2, 0.25) is 0 Å². The second-order valence-electron chi connectivity index (χ2n) is 2.97. The van der Waals surface area contributed by atoms with Crippen molar-refractivity contribution in [1.29, 1.82) is 0 Å². The predicted molar refractivity (Wildman–Crippen MR) is 65.8 cm³/mol. The number of benzene rings is 1. The van der Waals surface area contributed by atoms with Crippen LogP contribution in [0.25, 0.3) is 0 Å². The Bertz CT molecular complexity index is 315. The summed E-state index contributed by atoms with van der Waals surface area (Å²) in [5, 5.41) is 0. The first-order valence-electron chi connectivity index (χ1n) is 4.41. The average molecular weight is 323 g/mol. The number of rotatable bonds is 4. The summed E-state index contributed by atoms with van der Waals surface area (Å²) in [6, 6.07) is 4.05. The molecule has 0 spiro atoms. The first kappa shape index (κ1) is 12.0. The van der Waals surface area contributed by atoms with Crippen molar-refractivity contribution in [3.05, 3.63) is 26.6 Å². The first-order valence-corrected chi connectivity index (χ1v) is 5.99. The number of hydrogen-bond acceptors (Lipinski definition) is 2. The molecule has 2 N–H and O–H groups in total. The zero-order chi connectivity index (χ0) is 10.6. The molecule has 0 aromatic heterocycles. The fraction of sp³-hybridized carbons (Fsp3) is 0.400. The van der Waals surface area contributed by atoms with Gasteiger partial charge < -0.3 is 10.5 Å². The van der Waals surface area contributed by atoms with Crippen molar-refractivity contribution in [3.63, 3.8) is 0 Å². The fourth-order valence-electron chi connectivity index (χ4n) is 1.32. The highest BCUT2D eigenvalue weighted by Crippen LogP contribution is 2.33. The number of aryl methyl sites for hydroxylation is 1. The summed E-state index contributed by atoms with van der Waals surface area (Å²) in [7, 11) is 1.68. The third-order valence-electron chi connectivity index (χ3n) is 1.94. The van der Waals surface area contributed by atoms with Gasteiger partial charge in [-0.3, -0.25) is 0 Å². The summed E-state index contributed by atoms with van der Waals surface area (Å²) in [4.78, 5) is 0. The van der Waals surface area contributed by atoms with Crippen molar-refractivity contribution in [2.45, 2.75) is 12.8 Å². The number of ether oxygens (including phenoxy) is 1. The summed E-state index contributed by atoms with van der Waals surface area (Å²) >= 11 is 6.92. The van der Waals surface area contributed by atoms with E-state index in [2.05, 4.69) is 37.9 Å². The molecule has 0 aliphatic carbocycles. The lowest BCUT2D eigenvalue weighted by atomic mass is 10.1. The Morgan fingerprint density at radius 3 is 2.64 bits per heavy atom. The first-order chi connectivity index (χ1) is 6.69. The van der Waals surface area contributed by atoms with E-state index < -0.39 is 0 Å². The Labute approximate surface area is 101 Å². The lowest BCUT2D eigenvalue weighted by Crippen LogP contribution is -2.02. The number of nitrogens with two attached hydrogens (primary N) is 1.